The molecule has 0 spiro atoms. The largest absolute Gasteiger partial charge is 0.480 e. The van der Waals surface area contributed by atoms with Gasteiger partial charge in [0.15, 0.2) is 0 Å². The van der Waals surface area contributed by atoms with E-state index in [0.29, 0.717) is 17.5 Å². The molecule has 3 aromatic carbocycles. The molecule has 2 atom stereocenters. The maximum atomic E-state index is 13.4. The fourth-order valence-corrected chi connectivity index (χ4v) is 7.99. The van der Waals surface area contributed by atoms with E-state index in [9.17, 15) is 37.1 Å². The van der Waals surface area contributed by atoms with Crippen LogP contribution in [0.25, 0.3) is 12.2 Å². The summed E-state index contributed by atoms with van der Waals surface area (Å²) in [5.74, 6) is -2.71. The quantitative estimate of drug-likeness (QED) is 0.0248. The number of rotatable bonds is 32. The molecule has 0 radical (unpaired) electrons. The number of allylic oxidation sites excluding steroid dienone is 1. The Morgan fingerprint density at radius 3 is 1.57 bits per heavy atom. The lowest BCUT2D eigenvalue weighted by atomic mass is 9.80. The third-order valence-electron chi connectivity index (χ3n) is 12.1. The zero-order valence-corrected chi connectivity index (χ0v) is 45.4. The van der Waals surface area contributed by atoms with E-state index in [1.807, 2.05) is 91.0 Å². The van der Waals surface area contributed by atoms with Crippen LogP contribution in [0.3, 0.4) is 0 Å². The Kier molecular flexibility index (Phi) is 24.6. The van der Waals surface area contributed by atoms with Gasteiger partial charge in [-0.1, -0.05) is 115 Å². The SMILES string of the molecule is COC(=O)CC/C=C/c1cn(CC[C@@H](COC(c2ccccc2)(c2ccccc2)c2ccccc2)OCCOC[C@H](CCn2cc(/C=C/CCNC(=O)C(F)(F)F)c(OC)nc2=O)OCCOC(=O)C(C)(C)C)c(=O)nc1OC. The summed E-state index contributed by atoms with van der Waals surface area (Å²) in [6.07, 6.45) is 4.49. The van der Waals surface area contributed by atoms with Gasteiger partial charge in [-0.25, -0.2) is 9.59 Å². The smallest absolute Gasteiger partial charge is 0.471 e. The first kappa shape index (κ1) is 62.4. The number of benzene rings is 3. The van der Waals surface area contributed by atoms with Crippen molar-refractivity contribution in [1.29, 1.82) is 0 Å². The van der Waals surface area contributed by atoms with Crippen molar-refractivity contribution in [3.05, 3.63) is 164 Å². The molecule has 18 nitrogen and oxygen atoms in total. The van der Waals surface area contributed by atoms with Gasteiger partial charge >= 0.3 is 35.4 Å². The summed E-state index contributed by atoms with van der Waals surface area (Å²) in [4.78, 5) is 70.2. The minimum absolute atomic E-state index is 0.0109. The predicted molar refractivity (Wildman–Crippen MR) is 288 cm³/mol. The molecule has 1 amide bonds. The second kappa shape index (κ2) is 31.2. The molecule has 0 aliphatic carbocycles. The van der Waals surface area contributed by atoms with E-state index in [1.54, 1.807) is 44.4 Å². The lowest BCUT2D eigenvalue weighted by Gasteiger charge is -2.37. The number of alkyl halides is 3. The van der Waals surface area contributed by atoms with Crippen LogP contribution in [0.15, 0.2) is 125 Å². The predicted octanol–water partition coefficient (Wildman–Crippen LogP) is 7.73. The highest BCUT2D eigenvalue weighted by Crippen LogP contribution is 2.41. The van der Waals surface area contributed by atoms with Crippen molar-refractivity contribution in [1.82, 2.24) is 24.4 Å². The first-order chi connectivity index (χ1) is 37.9. The van der Waals surface area contributed by atoms with Crippen molar-refractivity contribution < 1.29 is 65.4 Å². The van der Waals surface area contributed by atoms with Gasteiger partial charge in [0, 0.05) is 38.4 Å². The number of ether oxygens (including phenoxy) is 8. The van der Waals surface area contributed by atoms with E-state index in [0.717, 1.165) is 16.7 Å². The van der Waals surface area contributed by atoms with Crippen LogP contribution in [0.4, 0.5) is 13.2 Å². The average Bonchev–Trinajstić information content (AvgIpc) is 3.56. The zero-order chi connectivity index (χ0) is 57.3. The van der Waals surface area contributed by atoms with E-state index in [4.69, 9.17) is 37.9 Å². The Hall–Kier alpha value is -7.46. The number of hydrogen-bond acceptors (Lipinski definition) is 15. The number of aromatic nitrogens is 4. The van der Waals surface area contributed by atoms with E-state index >= 15 is 0 Å². The number of nitrogens with zero attached hydrogens (tertiary/aromatic N) is 4. The minimum Gasteiger partial charge on any atom is -0.480 e. The summed E-state index contributed by atoms with van der Waals surface area (Å²) in [5, 5.41) is 1.80. The zero-order valence-electron chi connectivity index (χ0n) is 45.4. The second-order valence-corrected chi connectivity index (χ2v) is 18.9. The Morgan fingerprint density at radius 1 is 0.646 bits per heavy atom. The topological polar surface area (TPSA) is 207 Å². The van der Waals surface area contributed by atoms with Gasteiger partial charge in [-0.2, -0.15) is 23.1 Å². The van der Waals surface area contributed by atoms with Crippen LogP contribution in [-0.4, -0.2) is 123 Å². The number of carbonyl (C=O) groups is 3. The molecule has 0 fully saturated rings. The van der Waals surface area contributed by atoms with Crippen molar-refractivity contribution in [3.63, 3.8) is 0 Å². The van der Waals surface area contributed by atoms with Gasteiger partial charge in [-0.05, 0) is 63.1 Å². The molecule has 21 heteroatoms. The van der Waals surface area contributed by atoms with E-state index < -0.39 is 52.7 Å². The minimum atomic E-state index is -5.01. The standard InChI is InChI=1S/C58H70F3N5O13/c1-56(2,3)53(69)78-37-36-77-47(29-32-65-39-43(51(74-6)64-54(65)70)21-18-19-31-62-52(68)58(59,60)61)40-75-34-35-76-48(30-33-66-38-42(50(73-5)63-55(66)71)20-16-17-28-49(67)72-4)41-79-57(44-22-10-7-11-23-44,45-24-12-8-13-25-45)46-26-14-9-15-27-46/h7-16,18,20-27,38-39,47-48H,17,19,28-37,40-41H2,1-6H3,(H,62,68)/b20-16+,21-18+/t47-,48-/m0/s1. The van der Waals surface area contributed by atoms with E-state index in [-0.39, 0.29) is 103 Å². The highest BCUT2D eigenvalue weighted by atomic mass is 19.4. The summed E-state index contributed by atoms with van der Waals surface area (Å²) in [6, 6.07) is 29.6. The molecular formula is C58H70F3N5O13. The Labute approximate surface area is 457 Å². The molecule has 79 heavy (non-hydrogen) atoms. The van der Waals surface area contributed by atoms with Crippen molar-refractivity contribution in [2.75, 3.05) is 67.5 Å². The van der Waals surface area contributed by atoms with Crippen LogP contribution in [0.1, 0.15) is 80.7 Å². The van der Waals surface area contributed by atoms with Crippen LogP contribution in [-0.2, 0) is 61.5 Å². The molecule has 0 saturated heterocycles. The van der Waals surface area contributed by atoms with Crippen molar-refractivity contribution in [3.8, 4) is 11.8 Å². The van der Waals surface area contributed by atoms with Gasteiger partial charge in [0.1, 0.15) is 12.2 Å². The lowest BCUT2D eigenvalue weighted by molar-refractivity contribution is -0.173. The molecule has 426 valence electrons. The van der Waals surface area contributed by atoms with E-state index in [2.05, 4.69) is 9.97 Å². The first-order valence-corrected chi connectivity index (χ1v) is 25.7. The molecule has 2 heterocycles. The fourth-order valence-electron chi connectivity index (χ4n) is 7.99. The molecule has 1 N–H and O–H groups in total. The lowest BCUT2D eigenvalue weighted by Crippen LogP contribution is -2.37. The molecule has 5 rings (SSSR count). The first-order valence-electron chi connectivity index (χ1n) is 25.7. The Morgan fingerprint density at radius 2 is 1.11 bits per heavy atom. The number of carbonyl (C=O) groups excluding carboxylic acids is 3. The molecule has 2 aromatic heterocycles. The van der Waals surface area contributed by atoms with Crippen LogP contribution < -0.4 is 26.2 Å². The average molecular weight is 1100 g/mol. The van der Waals surface area contributed by atoms with Crippen LogP contribution >= 0.6 is 0 Å². The van der Waals surface area contributed by atoms with Crippen molar-refractivity contribution in [2.24, 2.45) is 5.41 Å². The third-order valence-corrected chi connectivity index (χ3v) is 12.1. The maximum absolute atomic E-state index is 13.4. The fraction of sp³-hybridized carbons (Fsp3) is 0.431. The number of halogens is 3. The number of hydrogen-bond donors (Lipinski definition) is 1. The summed E-state index contributed by atoms with van der Waals surface area (Å²) in [7, 11) is 4.06. The third kappa shape index (κ3) is 19.4. The second-order valence-electron chi connectivity index (χ2n) is 18.9. The number of esters is 2. The number of nitrogens with one attached hydrogen (secondary N) is 1. The van der Waals surface area contributed by atoms with Crippen LogP contribution in [0.2, 0.25) is 0 Å². The highest BCUT2D eigenvalue weighted by Gasteiger charge is 2.39. The summed E-state index contributed by atoms with van der Waals surface area (Å²) in [5.41, 5.74) is 0.493. The number of methoxy groups -OCH3 is 3. The van der Waals surface area contributed by atoms with Gasteiger partial charge in [0.05, 0.1) is 83.1 Å². The Balaban J connectivity index is 1.36. The molecule has 0 saturated carbocycles. The maximum Gasteiger partial charge on any atom is 0.471 e. The van der Waals surface area contributed by atoms with Crippen LogP contribution in [0.5, 0.6) is 11.8 Å². The van der Waals surface area contributed by atoms with Gasteiger partial charge in [0.25, 0.3) is 0 Å². The van der Waals surface area contributed by atoms with Crippen molar-refractivity contribution >= 4 is 30.0 Å². The van der Waals surface area contributed by atoms with E-state index in [1.165, 1.54) is 48.8 Å². The normalized spacial score (nSPS) is 12.8. The Bertz CT molecular complexity index is 2780. The van der Waals surface area contributed by atoms with Gasteiger partial charge in [0.2, 0.25) is 11.8 Å². The molecule has 0 aliphatic heterocycles. The molecule has 0 unspecified atom stereocenters. The summed E-state index contributed by atoms with van der Waals surface area (Å²) in [6.45, 7) is 5.34. The van der Waals surface area contributed by atoms with Crippen molar-refractivity contribution in [2.45, 2.75) is 90.0 Å². The molecule has 0 aliphatic rings. The molecule has 0 bridgehead atoms. The monoisotopic (exact) mass is 1100 g/mol. The van der Waals surface area contributed by atoms with Crippen LogP contribution in [0, 0.1) is 5.41 Å². The summed E-state index contributed by atoms with van der Waals surface area (Å²) < 4.78 is 87.6. The molecule has 5 aromatic rings. The molecular weight excluding hydrogens is 1030 g/mol. The van der Waals surface area contributed by atoms with Gasteiger partial charge in [-0.3, -0.25) is 23.5 Å². The number of aryl methyl sites for hydroxylation is 2. The highest BCUT2D eigenvalue weighted by molar-refractivity contribution is 5.81. The number of amides is 1. The van der Waals surface area contributed by atoms with Gasteiger partial charge < -0.3 is 43.2 Å². The van der Waals surface area contributed by atoms with Gasteiger partial charge in [-0.15, -0.1) is 0 Å². The summed E-state index contributed by atoms with van der Waals surface area (Å²) >= 11 is 0.